The lowest BCUT2D eigenvalue weighted by molar-refractivity contribution is 0.474. The largest absolute Gasteiger partial charge is 0.309 e. The van der Waals surface area contributed by atoms with Gasteiger partial charge < -0.3 is 5.32 Å². The van der Waals surface area contributed by atoms with Gasteiger partial charge in [-0.3, -0.25) is 0 Å². The summed E-state index contributed by atoms with van der Waals surface area (Å²) in [6, 6.07) is 2.51. The van der Waals surface area contributed by atoms with Gasteiger partial charge in [0.25, 0.3) is 0 Å². The zero-order chi connectivity index (χ0) is 14.6. The molecule has 0 saturated carbocycles. The molecule has 0 heterocycles. The molecule has 108 valence electrons. The maximum Gasteiger partial charge on any atom is 0.151 e. The summed E-state index contributed by atoms with van der Waals surface area (Å²) in [5.74, 6) is -1.41. The van der Waals surface area contributed by atoms with E-state index < -0.39 is 32.8 Å². The van der Waals surface area contributed by atoms with Gasteiger partial charge in [-0.1, -0.05) is 13.0 Å². The molecule has 0 saturated heterocycles. The Kier molecular flexibility index (Phi) is 5.43. The number of hydrogen-bond acceptors (Lipinski definition) is 3. The maximum atomic E-state index is 13.8. The van der Waals surface area contributed by atoms with Crippen LogP contribution in [-0.2, 0) is 9.84 Å². The molecule has 19 heavy (non-hydrogen) atoms. The fourth-order valence-corrected chi connectivity index (χ4v) is 2.57. The minimum atomic E-state index is -3.33. The predicted octanol–water partition coefficient (Wildman–Crippen LogP) is 2.44. The van der Waals surface area contributed by atoms with Crippen molar-refractivity contribution in [1.82, 2.24) is 5.32 Å². The SMILES string of the molecule is CCCNC(c1ccc(F)cc1F)C(C)S(C)(=O)=O. The fraction of sp³-hybridized carbons (Fsp3) is 0.538. The lowest BCUT2D eigenvalue weighted by Crippen LogP contribution is -2.36. The summed E-state index contributed by atoms with van der Waals surface area (Å²) < 4.78 is 50.0. The fourth-order valence-electron chi connectivity index (χ4n) is 1.83. The highest BCUT2D eigenvalue weighted by Gasteiger charge is 2.28. The van der Waals surface area contributed by atoms with Gasteiger partial charge in [0.05, 0.1) is 11.3 Å². The van der Waals surface area contributed by atoms with Gasteiger partial charge in [-0.05, 0) is 26.0 Å². The van der Waals surface area contributed by atoms with Crippen LogP contribution in [0.25, 0.3) is 0 Å². The molecule has 0 aliphatic heterocycles. The normalized spacial score (nSPS) is 15.2. The minimum absolute atomic E-state index is 0.174. The summed E-state index contributed by atoms with van der Waals surface area (Å²) in [6.45, 7) is 4.00. The molecule has 0 aliphatic rings. The molecule has 1 N–H and O–H groups in total. The van der Waals surface area contributed by atoms with E-state index in [-0.39, 0.29) is 5.56 Å². The van der Waals surface area contributed by atoms with Gasteiger partial charge in [0, 0.05) is 17.9 Å². The van der Waals surface area contributed by atoms with E-state index >= 15 is 0 Å². The highest BCUT2D eigenvalue weighted by Crippen LogP contribution is 2.25. The van der Waals surface area contributed by atoms with Crippen molar-refractivity contribution in [3.8, 4) is 0 Å². The third-order valence-corrected chi connectivity index (χ3v) is 4.68. The smallest absolute Gasteiger partial charge is 0.151 e. The number of benzene rings is 1. The highest BCUT2D eigenvalue weighted by atomic mass is 32.2. The van der Waals surface area contributed by atoms with E-state index in [0.29, 0.717) is 6.54 Å². The van der Waals surface area contributed by atoms with Gasteiger partial charge >= 0.3 is 0 Å². The highest BCUT2D eigenvalue weighted by molar-refractivity contribution is 7.91. The average molecular weight is 291 g/mol. The second kappa shape index (κ2) is 6.43. The summed E-state index contributed by atoms with van der Waals surface area (Å²) in [5.41, 5.74) is 0.174. The molecule has 0 aromatic heterocycles. The summed E-state index contributed by atoms with van der Waals surface area (Å²) in [4.78, 5) is 0. The standard InChI is InChI=1S/C13H19F2NO2S/c1-4-7-16-13(9(2)19(3,17)18)11-6-5-10(14)8-12(11)15/h5-6,8-9,13,16H,4,7H2,1-3H3. The topological polar surface area (TPSA) is 46.2 Å². The lowest BCUT2D eigenvalue weighted by atomic mass is 10.0. The van der Waals surface area contributed by atoms with Crippen LogP contribution in [0.3, 0.4) is 0 Å². The molecule has 0 amide bonds. The first-order chi connectivity index (χ1) is 8.77. The summed E-state index contributed by atoms with van der Waals surface area (Å²) in [5, 5.41) is 2.22. The molecule has 6 heteroatoms. The predicted molar refractivity (Wildman–Crippen MR) is 71.7 cm³/mol. The Morgan fingerprint density at radius 2 is 1.95 bits per heavy atom. The van der Waals surface area contributed by atoms with Crippen LogP contribution in [0.2, 0.25) is 0 Å². The Hall–Kier alpha value is -1.01. The average Bonchev–Trinajstić information content (AvgIpc) is 2.30. The Morgan fingerprint density at radius 3 is 2.42 bits per heavy atom. The molecule has 2 atom stereocenters. The van der Waals surface area contributed by atoms with Crippen molar-refractivity contribution in [3.05, 3.63) is 35.4 Å². The van der Waals surface area contributed by atoms with Crippen LogP contribution >= 0.6 is 0 Å². The van der Waals surface area contributed by atoms with Crippen LogP contribution in [0.5, 0.6) is 0 Å². The molecule has 3 nitrogen and oxygen atoms in total. The molecular weight excluding hydrogens is 272 g/mol. The van der Waals surface area contributed by atoms with Crippen molar-refractivity contribution in [1.29, 1.82) is 0 Å². The molecule has 0 fully saturated rings. The van der Waals surface area contributed by atoms with Crippen molar-refractivity contribution in [2.45, 2.75) is 31.6 Å². The molecule has 0 spiro atoms. The maximum absolute atomic E-state index is 13.8. The molecule has 0 radical (unpaired) electrons. The molecule has 1 rings (SSSR count). The van der Waals surface area contributed by atoms with Crippen LogP contribution in [0.1, 0.15) is 31.9 Å². The van der Waals surface area contributed by atoms with Gasteiger partial charge in [-0.15, -0.1) is 0 Å². The zero-order valence-electron chi connectivity index (χ0n) is 11.3. The van der Waals surface area contributed by atoms with E-state index in [2.05, 4.69) is 5.32 Å². The van der Waals surface area contributed by atoms with E-state index in [1.165, 1.54) is 13.0 Å². The molecule has 2 unspecified atom stereocenters. The second-order valence-corrected chi connectivity index (χ2v) is 7.03. The van der Waals surface area contributed by atoms with Gasteiger partial charge in [-0.2, -0.15) is 0 Å². The number of rotatable bonds is 6. The summed E-state index contributed by atoms with van der Waals surface area (Å²) >= 11 is 0. The molecule has 0 aliphatic carbocycles. The first kappa shape index (κ1) is 16.0. The van der Waals surface area contributed by atoms with Gasteiger partial charge in [0.15, 0.2) is 9.84 Å². The van der Waals surface area contributed by atoms with E-state index in [1.54, 1.807) is 0 Å². The number of hydrogen-bond donors (Lipinski definition) is 1. The Bertz CT molecular complexity index is 531. The third kappa shape index (κ3) is 4.24. The molecule has 1 aromatic carbocycles. The van der Waals surface area contributed by atoms with Gasteiger partial charge in [0.1, 0.15) is 11.6 Å². The minimum Gasteiger partial charge on any atom is -0.309 e. The van der Waals surface area contributed by atoms with Crippen LogP contribution in [0.15, 0.2) is 18.2 Å². The quantitative estimate of drug-likeness (QED) is 0.875. The molecule has 1 aromatic rings. The summed E-state index contributed by atoms with van der Waals surface area (Å²) in [7, 11) is -3.33. The lowest BCUT2D eigenvalue weighted by Gasteiger charge is -2.24. The van der Waals surface area contributed by atoms with Crippen molar-refractivity contribution < 1.29 is 17.2 Å². The first-order valence-corrected chi connectivity index (χ1v) is 8.10. The van der Waals surface area contributed by atoms with Crippen molar-refractivity contribution in [2.24, 2.45) is 0 Å². The van der Waals surface area contributed by atoms with E-state index in [4.69, 9.17) is 0 Å². The van der Waals surface area contributed by atoms with E-state index in [0.717, 1.165) is 24.8 Å². The van der Waals surface area contributed by atoms with E-state index in [1.807, 2.05) is 6.92 Å². The molecule has 0 bridgehead atoms. The van der Waals surface area contributed by atoms with Crippen LogP contribution < -0.4 is 5.32 Å². The first-order valence-electron chi connectivity index (χ1n) is 6.14. The number of halogens is 2. The van der Waals surface area contributed by atoms with Crippen LogP contribution in [-0.4, -0.2) is 26.5 Å². The molecular formula is C13H19F2NO2S. The Balaban J connectivity index is 3.16. The van der Waals surface area contributed by atoms with E-state index in [9.17, 15) is 17.2 Å². The number of nitrogens with one attached hydrogen (secondary N) is 1. The summed E-state index contributed by atoms with van der Waals surface area (Å²) in [6.07, 6.45) is 1.90. The van der Waals surface area contributed by atoms with Crippen LogP contribution in [0.4, 0.5) is 8.78 Å². The third-order valence-electron chi connectivity index (χ3n) is 3.06. The second-order valence-electron chi connectivity index (χ2n) is 4.63. The van der Waals surface area contributed by atoms with Crippen LogP contribution in [0, 0.1) is 11.6 Å². The van der Waals surface area contributed by atoms with Gasteiger partial charge in [0.2, 0.25) is 0 Å². The Labute approximate surface area is 112 Å². The monoisotopic (exact) mass is 291 g/mol. The Morgan fingerprint density at radius 1 is 1.32 bits per heavy atom. The van der Waals surface area contributed by atoms with Crippen molar-refractivity contribution >= 4 is 9.84 Å². The van der Waals surface area contributed by atoms with Crippen molar-refractivity contribution in [3.63, 3.8) is 0 Å². The number of sulfone groups is 1. The van der Waals surface area contributed by atoms with Gasteiger partial charge in [-0.25, -0.2) is 17.2 Å². The van der Waals surface area contributed by atoms with Crippen molar-refractivity contribution in [2.75, 3.05) is 12.8 Å². The zero-order valence-corrected chi connectivity index (χ0v) is 12.1.